The van der Waals surface area contributed by atoms with Crippen molar-refractivity contribution in [2.24, 2.45) is 0 Å². The van der Waals surface area contributed by atoms with E-state index in [-0.39, 0.29) is 49.5 Å². The molecule has 1 N–H and O–H groups in total. The van der Waals surface area contributed by atoms with Crippen LogP contribution in [0.25, 0.3) is 0 Å². The summed E-state index contributed by atoms with van der Waals surface area (Å²) in [6, 6.07) is 1.18. The summed E-state index contributed by atoms with van der Waals surface area (Å²) in [5.41, 5.74) is -1.09. The first-order valence-corrected chi connectivity index (χ1v) is 5.34. The Morgan fingerprint density at radius 1 is 1.41 bits per heavy atom. The fraction of sp³-hybridized carbons (Fsp3) is 0.429. The number of nitrogens with zero attached hydrogens (tertiary/aromatic N) is 1. The normalized spacial score (nSPS) is 10.8. The van der Waals surface area contributed by atoms with E-state index in [1.54, 1.807) is 0 Å². The molecular weight excluding hydrogens is 262 g/mol. The predicted octanol–water partition coefficient (Wildman–Crippen LogP) is -4.45. The number of hydrogen-bond acceptors (Lipinski definition) is 6. The Morgan fingerprint density at radius 3 is 2.71 bits per heavy atom. The second-order valence-electron chi connectivity index (χ2n) is 2.67. The Kier molecular flexibility index (Phi) is 8.53. The van der Waals surface area contributed by atoms with E-state index in [1.807, 2.05) is 4.98 Å². The van der Waals surface area contributed by atoms with Crippen LogP contribution < -0.4 is 45.7 Å². The van der Waals surface area contributed by atoms with Gasteiger partial charge in [0, 0.05) is 12.3 Å². The number of nitrogens with one attached hydrogen (secondary N) is 1. The summed E-state index contributed by atoms with van der Waals surface area (Å²) < 4.78 is 20.3. The van der Waals surface area contributed by atoms with Gasteiger partial charge in [0.1, 0.15) is 13.3 Å². The summed E-state index contributed by atoms with van der Waals surface area (Å²) >= 11 is 0. The van der Waals surface area contributed by atoms with E-state index in [0.717, 1.165) is 4.57 Å². The van der Waals surface area contributed by atoms with Crippen LogP contribution in [0.5, 0.6) is 0 Å². The van der Waals surface area contributed by atoms with Crippen molar-refractivity contribution in [2.75, 3.05) is 13.2 Å². The minimum Gasteiger partial charge on any atom is -0.566 e. The van der Waals surface area contributed by atoms with E-state index in [1.165, 1.54) is 12.3 Å². The van der Waals surface area contributed by atoms with Crippen LogP contribution in [0, 0.1) is 0 Å². The molecule has 0 aromatic carbocycles. The van der Waals surface area contributed by atoms with Gasteiger partial charge < -0.3 is 9.63 Å². The fourth-order valence-electron chi connectivity index (χ4n) is 0.880. The number of H-pyrrole nitrogens is 1. The summed E-state index contributed by atoms with van der Waals surface area (Å²) in [4.78, 5) is 33.8. The maximum absolute atomic E-state index is 11.1. The second kappa shape index (κ2) is 8.71. The molecule has 0 saturated carbocycles. The largest absolute Gasteiger partial charge is 1.00 e. The van der Waals surface area contributed by atoms with Gasteiger partial charge in [-0.3, -0.25) is 14.3 Å². The van der Waals surface area contributed by atoms with Gasteiger partial charge in [-0.25, -0.2) is 4.79 Å². The first-order chi connectivity index (χ1) is 7.59. The van der Waals surface area contributed by atoms with Gasteiger partial charge in [-0.2, -0.15) is 0 Å². The van der Waals surface area contributed by atoms with Crippen LogP contribution in [0.4, 0.5) is 0 Å². The van der Waals surface area contributed by atoms with Crippen LogP contribution in [0.1, 0.15) is 0 Å². The van der Waals surface area contributed by atoms with Crippen LogP contribution in [0.15, 0.2) is 21.9 Å². The fourth-order valence-corrected chi connectivity index (χ4v) is 1.10. The topological polar surface area (TPSA) is 113 Å². The molecule has 88 valence electrons. The second-order valence-corrected chi connectivity index (χ2v) is 3.38. The van der Waals surface area contributed by atoms with Crippen molar-refractivity contribution in [1.82, 2.24) is 9.55 Å². The van der Waals surface area contributed by atoms with Gasteiger partial charge in [-0.15, -0.1) is 4.52 Å². The predicted molar refractivity (Wildman–Crippen MR) is 50.8 cm³/mol. The Morgan fingerprint density at radius 2 is 2.12 bits per heavy atom. The molecule has 1 atom stereocenters. The summed E-state index contributed by atoms with van der Waals surface area (Å²) in [5, 5.41) is 0. The maximum Gasteiger partial charge on any atom is 1.00 e. The standard InChI is InChI=1S/C7H9N2O6P.Na/c10-6-1-2-9(7(11)8-6)5-14-3-4-15-16(12)13;/h1-2H,3-5H2,(H,8,10,11);/q;+1. The molecule has 10 heteroatoms. The number of aromatic amines is 1. The van der Waals surface area contributed by atoms with Crippen molar-refractivity contribution in [1.29, 1.82) is 0 Å². The van der Waals surface area contributed by atoms with Gasteiger partial charge in [0.25, 0.3) is 5.56 Å². The molecule has 0 saturated heterocycles. The van der Waals surface area contributed by atoms with Crippen LogP contribution in [0.2, 0.25) is 0 Å². The molecule has 1 aromatic heterocycles. The molecule has 8 nitrogen and oxygen atoms in total. The minimum absolute atomic E-state index is 0. The van der Waals surface area contributed by atoms with Gasteiger partial charge >= 0.3 is 43.5 Å². The number of rotatable bonds is 6. The van der Waals surface area contributed by atoms with Crippen LogP contribution >= 0.6 is 8.25 Å². The zero-order chi connectivity index (χ0) is 12.0. The Balaban J connectivity index is 0.00000256. The molecule has 0 aliphatic rings. The quantitative estimate of drug-likeness (QED) is 0.317. The van der Waals surface area contributed by atoms with Crippen molar-refractivity contribution >= 4 is 8.25 Å². The average Bonchev–Trinajstić information content (AvgIpc) is 2.20. The number of ether oxygens (including phenoxy) is 1. The molecule has 0 amide bonds. The summed E-state index contributed by atoms with van der Waals surface area (Å²) in [5.74, 6) is 0. The SMILES string of the molecule is O=c1ccn(COCCO[P+](=O)[O-])c(=O)[nH]1.[Na+]. The third-order valence-corrected chi connectivity index (χ3v) is 1.94. The summed E-state index contributed by atoms with van der Waals surface area (Å²) in [6.45, 7) is -0.180. The minimum atomic E-state index is -2.88. The molecule has 0 spiro atoms. The van der Waals surface area contributed by atoms with Crippen LogP contribution in [-0.2, 0) is 20.6 Å². The molecule has 1 heterocycles. The molecule has 1 aromatic rings. The molecule has 1 unspecified atom stereocenters. The van der Waals surface area contributed by atoms with E-state index in [4.69, 9.17) is 4.74 Å². The summed E-state index contributed by atoms with van der Waals surface area (Å²) in [6.07, 6.45) is 1.27. The van der Waals surface area contributed by atoms with Crippen molar-refractivity contribution in [3.63, 3.8) is 0 Å². The molecule has 0 aliphatic heterocycles. The van der Waals surface area contributed by atoms with Crippen LogP contribution in [-0.4, -0.2) is 22.8 Å². The van der Waals surface area contributed by atoms with Crippen molar-refractivity contribution in [3.05, 3.63) is 33.1 Å². The zero-order valence-electron chi connectivity index (χ0n) is 9.12. The Hall–Kier alpha value is -0.340. The van der Waals surface area contributed by atoms with Gasteiger partial charge in [0.05, 0.1) is 6.61 Å². The van der Waals surface area contributed by atoms with E-state index in [0.29, 0.717) is 0 Å². The molecule has 17 heavy (non-hydrogen) atoms. The smallest absolute Gasteiger partial charge is 0.566 e. The zero-order valence-corrected chi connectivity index (χ0v) is 12.0. The third kappa shape index (κ3) is 6.85. The first-order valence-electron chi connectivity index (χ1n) is 4.24. The monoisotopic (exact) mass is 271 g/mol. The van der Waals surface area contributed by atoms with Crippen molar-refractivity contribution < 1.29 is 48.3 Å². The van der Waals surface area contributed by atoms with E-state index in [2.05, 4.69) is 4.52 Å². The summed E-state index contributed by atoms with van der Waals surface area (Å²) in [7, 11) is -2.88. The maximum atomic E-state index is 11.1. The number of aromatic nitrogens is 2. The van der Waals surface area contributed by atoms with Gasteiger partial charge in [-0.1, -0.05) is 0 Å². The molecule has 0 fully saturated rings. The van der Waals surface area contributed by atoms with E-state index >= 15 is 0 Å². The molecule has 0 aliphatic carbocycles. The Bertz CT molecular complexity index is 472. The average molecular weight is 271 g/mol. The van der Waals surface area contributed by atoms with Crippen LogP contribution in [0.3, 0.4) is 0 Å². The third-order valence-electron chi connectivity index (χ3n) is 1.55. The molecular formula is C7H9N2NaO6P+. The number of hydrogen-bond donors (Lipinski definition) is 1. The molecule has 1 rings (SSSR count). The molecule has 0 bridgehead atoms. The Labute approximate surface area is 119 Å². The van der Waals surface area contributed by atoms with E-state index < -0.39 is 19.5 Å². The van der Waals surface area contributed by atoms with E-state index in [9.17, 15) is 19.0 Å². The first kappa shape index (κ1) is 16.7. The van der Waals surface area contributed by atoms with Gasteiger partial charge in [0.15, 0.2) is 0 Å². The van der Waals surface area contributed by atoms with Gasteiger partial charge in [-0.05, 0) is 4.57 Å². The van der Waals surface area contributed by atoms with Gasteiger partial charge in [0.2, 0.25) is 0 Å². The van der Waals surface area contributed by atoms with Crippen molar-refractivity contribution in [3.8, 4) is 0 Å². The molecule has 0 radical (unpaired) electrons. The van der Waals surface area contributed by atoms with Crippen molar-refractivity contribution in [2.45, 2.75) is 6.73 Å².